The molecule has 0 saturated heterocycles. The van der Waals surface area contributed by atoms with Crippen LogP contribution >= 0.6 is 11.3 Å². The van der Waals surface area contributed by atoms with Crippen LogP contribution in [0.15, 0.2) is 28.7 Å². The lowest BCUT2D eigenvalue weighted by Crippen LogP contribution is -2.02. The first-order valence-electron chi connectivity index (χ1n) is 4.17. The lowest BCUT2D eigenvalue weighted by atomic mass is 10.1. The van der Waals surface area contributed by atoms with Crippen molar-refractivity contribution in [2.75, 3.05) is 0 Å². The van der Waals surface area contributed by atoms with E-state index in [2.05, 4.69) is 5.16 Å². The monoisotopic (exact) mass is 195 g/mol. The molecule has 0 spiro atoms. The summed E-state index contributed by atoms with van der Waals surface area (Å²) in [4.78, 5) is 1.17. The van der Waals surface area contributed by atoms with Gasteiger partial charge in [0, 0.05) is 4.88 Å². The molecule has 0 aliphatic carbocycles. The molecule has 0 aromatic carbocycles. The molecule has 1 aromatic rings. The maximum atomic E-state index is 8.67. The zero-order valence-electron chi connectivity index (χ0n) is 7.77. The Labute approximate surface area is 82.2 Å². The van der Waals surface area contributed by atoms with E-state index >= 15 is 0 Å². The fourth-order valence-corrected chi connectivity index (χ4v) is 1.51. The van der Waals surface area contributed by atoms with Crippen LogP contribution in [0.1, 0.15) is 18.7 Å². The summed E-state index contributed by atoms with van der Waals surface area (Å²) >= 11 is 1.66. The Morgan fingerprint density at radius 3 is 2.85 bits per heavy atom. The molecule has 0 bridgehead atoms. The zero-order valence-corrected chi connectivity index (χ0v) is 8.58. The average molecular weight is 195 g/mol. The Hall–Kier alpha value is -1.09. The molecule has 1 aromatic heterocycles. The van der Waals surface area contributed by atoms with E-state index in [1.807, 2.05) is 43.5 Å². The number of rotatable bonds is 3. The van der Waals surface area contributed by atoms with E-state index in [1.165, 1.54) is 4.88 Å². The second-order valence-corrected chi connectivity index (χ2v) is 4.01. The van der Waals surface area contributed by atoms with Gasteiger partial charge >= 0.3 is 0 Å². The van der Waals surface area contributed by atoms with Gasteiger partial charge < -0.3 is 5.21 Å². The van der Waals surface area contributed by atoms with E-state index in [4.69, 9.17) is 5.21 Å². The first kappa shape index (κ1) is 9.99. The number of hydrogen-bond acceptors (Lipinski definition) is 3. The van der Waals surface area contributed by atoms with Crippen molar-refractivity contribution in [3.05, 3.63) is 28.5 Å². The van der Waals surface area contributed by atoms with Crippen molar-refractivity contribution in [3.63, 3.8) is 0 Å². The molecule has 0 aliphatic rings. The molecular weight excluding hydrogens is 182 g/mol. The van der Waals surface area contributed by atoms with Gasteiger partial charge in [0.05, 0.1) is 5.71 Å². The summed E-state index contributed by atoms with van der Waals surface area (Å²) in [5, 5.41) is 13.9. The van der Waals surface area contributed by atoms with E-state index in [0.717, 1.165) is 0 Å². The number of thiophene rings is 1. The predicted octanol–water partition coefficient (Wildman–Crippen LogP) is 3.25. The number of hydrogen-bond donors (Lipinski definition) is 1. The summed E-state index contributed by atoms with van der Waals surface area (Å²) in [6.07, 6.45) is 3.80. The molecule has 0 amide bonds. The van der Waals surface area contributed by atoms with Crippen LogP contribution in [-0.4, -0.2) is 10.9 Å². The highest BCUT2D eigenvalue weighted by Gasteiger charge is 2.00. The highest BCUT2D eigenvalue weighted by atomic mass is 32.1. The van der Waals surface area contributed by atoms with Gasteiger partial charge in [-0.2, -0.15) is 0 Å². The Morgan fingerprint density at radius 1 is 1.62 bits per heavy atom. The van der Waals surface area contributed by atoms with E-state index in [-0.39, 0.29) is 5.92 Å². The van der Waals surface area contributed by atoms with Crippen LogP contribution in [0.2, 0.25) is 0 Å². The normalized spacial score (nSPS) is 13.0. The molecule has 13 heavy (non-hydrogen) atoms. The van der Waals surface area contributed by atoms with Gasteiger partial charge in [0.1, 0.15) is 0 Å². The number of oxime groups is 1. The van der Waals surface area contributed by atoms with Crippen LogP contribution in [0, 0.1) is 5.92 Å². The lowest BCUT2D eigenvalue weighted by Gasteiger charge is -2.00. The largest absolute Gasteiger partial charge is 0.411 e. The maximum Gasteiger partial charge on any atom is 0.0821 e. The fourth-order valence-electron chi connectivity index (χ4n) is 0.895. The topological polar surface area (TPSA) is 32.6 Å². The molecule has 3 heteroatoms. The van der Waals surface area contributed by atoms with Gasteiger partial charge in [-0.15, -0.1) is 11.3 Å². The lowest BCUT2D eigenvalue weighted by molar-refractivity contribution is 0.316. The molecule has 70 valence electrons. The van der Waals surface area contributed by atoms with Gasteiger partial charge in [-0.25, -0.2) is 0 Å². The highest BCUT2D eigenvalue weighted by molar-refractivity contribution is 7.10. The first-order valence-corrected chi connectivity index (χ1v) is 5.05. The quantitative estimate of drug-likeness (QED) is 0.448. The second kappa shape index (κ2) is 4.82. The average Bonchev–Trinajstić information content (AvgIpc) is 2.57. The fraction of sp³-hybridized carbons (Fsp3) is 0.300. The smallest absolute Gasteiger partial charge is 0.0821 e. The Balaban J connectivity index is 2.67. The molecule has 0 saturated carbocycles. The standard InChI is InChI=1S/C10H13NOS/c1-8(2)10(11-12)6-5-9-4-3-7-13-9/h3-8,12H,1-2H3. The van der Waals surface area contributed by atoms with E-state index in [9.17, 15) is 0 Å². The van der Waals surface area contributed by atoms with Gasteiger partial charge in [-0.05, 0) is 29.5 Å². The summed E-state index contributed by atoms with van der Waals surface area (Å²) in [5.41, 5.74) is 0.702. The minimum absolute atomic E-state index is 0.251. The minimum atomic E-state index is 0.251. The van der Waals surface area contributed by atoms with E-state index in [0.29, 0.717) is 5.71 Å². The van der Waals surface area contributed by atoms with E-state index < -0.39 is 0 Å². The van der Waals surface area contributed by atoms with Gasteiger partial charge in [-0.3, -0.25) is 0 Å². The molecule has 0 radical (unpaired) electrons. The van der Waals surface area contributed by atoms with Crippen LogP contribution in [0.3, 0.4) is 0 Å². The van der Waals surface area contributed by atoms with Crippen LogP contribution in [-0.2, 0) is 0 Å². The number of allylic oxidation sites excluding steroid dienone is 1. The Morgan fingerprint density at radius 2 is 2.38 bits per heavy atom. The van der Waals surface area contributed by atoms with Crippen molar-refractivity contribution in [2.24, 2.45) is 11.1 Å². The maximum absolute atomic E-state index is 8.67. The second-order valence-electron chi connectivity index (χ2n) is 3.03. The van der Waals surface area contributed by atoms with Crippen molar-refractivity contribution in [2.45, 2.75) is 13.8 Å². The van der Waals surface area contributed by atoms with Gasteiger partial charge in [0.2, 0.25) is 0 Å². The van der Waals surface area contributed by atoms with E-state index in [1.54, 1.807) is 11.3 Å². The molecule has 1 N–H and O–H groups in total. The van der Waals surface area contributed by atoms with Gasteiger partial charge in [0.25, 0.3) is 0 Å². The summed E-state index contributed by atoms with van der Waals surface area (Å²) in [7, 11) is 0. The van der Waals surface area contributed by atoms with Crippen molar-refractivity contribution in [1.29, 1.82) is 0 Å². The highest BCUT2D eigenvalue weighted by Crippen LogP contribution is 2.11. The molecule has 1 rings (SSSR count). The third-order valence-electron chi connectivity index (χ3n) is 1.67. The van der Waals surface area contributed by atoms with Crippen LogP contribution in [0.5, 0.6) is 0 Å². The zero-order chi connectivity index (χ0) is 9.68. The molecule has 0 aliphatic heterocycles. The molecule has 0 fully saturated rings. The molecule has 0 unspecified atom stereocenters. The third-order valence-corrected chi connectivity index (χ3v) is 2.51. The summed E-state index contributed by atoms with van der Waals surface area (Å²) in [5.74, 6) is 0.251. The van der Waals surface area contributed by atoms with Crippen LogP contribution in [0.25, 0.3) is 6.08 Å². The van der Waals surface area contributed by atoms with Crippen molar-refractivity contribution in [1.82, 2.24) is 0 Å². The SMILES string of the molecule is CC(C)C(C=Cc1cccs1)=NO. The summed E-state index contributed by atoms with van der Waals surface area (Å²) in [6, 6.07) is 4.02. The van der Waals surface area contributed by atoms with Crippen LogP contribution in [0.4, 0.5) is 0 Å². The van der Waals surface area contributed by atoms with Crippen molar-refractivity contribution >= 4 is 23.1 Å². The van der Waals surface area contributed by atoms with Gasteiger partial charge in [0.15, 0.2) is 0 Å². The van der Waals surface area contributed by atoms with Crippen molar-refractivity contribution in [3.8, 4) is 0 Å². The first-order chi connectivity index (χ1) is 6.24. The number of nitrogens with zero attached hydrogens (tertiary/aromatic N) is 1. The molecule has 0 atom stereocenters. The predicted molar refractivity (Wildman–Crippen MR) is 57.4 cm³/mol. The molecule has 2 nitrogen and oxygen atoms in total. The summed E-state index contributed by atoms with van der Waals surface area (Å²) < 4.78 is 0. The molecular formula is C10H13NOS. The Bertz CT molecular complexity index is 299. The summed E-state index contributed by atoms with van der Waals surface area (Å²) in [6.45, 7) is 3.99. The van der Waals surface area contributed by atoms with Crippen LogP contribution < -0.4 is 0 Å². The van der Waals surface area contributed by atoms with Gasteiger partial charge in [-0.1, -0.05) is 25.1 Å². The minimum Gasteiger partial charge on any atom is -0.411 e. The molecule has 1 heterocycles. The van der Waals surface area contributed by atoms with Crippen molar-refractivity contribution < 1.29 is 5.21 Å². The third kappa shape index (κ3) is 3.03. The Kier molecular flexibility index (Phi) is 3.71.